The second-order valence-electron chi connectivity index (χ2n) is 9.30. The lowest BCUT2D eigenvalue weighted by atomic mass is 10.1. The van der Waals surface area contributed by atoms with Gasteiger partial charge in [0.05, 0.1) is 24.2 Å². The van der Waals surface area contributed by atoms with Crippen LogP contribution in [0.4, 0.5) is 0 Å². The number of rotatable bonds is 17. The number of allylic oxidation sites excluding steroid dienone is 1. The minimum atomic E-state index is -0.777. The van der Waals surface area contributed by atoms with Crippen molar-refractivity contribution in [2.24, 2.45) is 0 Å². The Hall–Kier alpha value is -3.54. The number of esters is 1. The van der Waals surface area contributed by atoms with E-state index in [4.69, 9.17) is 18.6 Å². The third-order valence-electron chi connectivity index (χ3n) is 6.20. The number of unbranched alkanes of at least 4 members (excludes halogenated alkanes) is 7. The van der Waals surface area contributed by atoms with Crippen molar-refractivity contribution in [1.29, 1.82) is 0 Å². The van der Waals surface area contributed by atoms with Crippen LogP contribution in [0, 0.1) is 0 Å². The molecule has 204 valence electrons. The average molecular weight is 521 g/mol. The minimum Gasteiger partial charge on any atom is -0.493 e. The first kappa shape index (κ1) is 29.0. The summed E-state index contributed by atoms with van der Waals surface area (Å²) in [5, 5.41) is 0.541. The van der Waals surface area contributed by atoms with Crippen LogP contribution in [0.1, 0.15) is 88.4 Å². The molecule has 38 heavy (non-hydrogen) atoms. The van der Waals surface area contributed by atoms with Crippen LogP contribution in [0.2, 0.25) is 0 Å². The summed E-state index contributed by atoms with van der Waals surface area (Å²) in [6.45, 7) is 5.21. The number of ether oxygens (including phenoxy) is 3. The summed E-state index contributed by atoms with van der Waals surface area (Å²) in [7, 11) is 0. The van der Waals surface area contributed by atoms with E-state index in [9.17, 15) is 9.59 Å². The summed E-state index contributed by atoms with van der Waals surface area (Å²) in [5.41, 5.74) is -0.128. The smallest absolute Gasteiger partial charge is 0.383 e. The molecule has 0 saturated heterocycles. The molecule has 0 saturated carbocycles. The summed E-state index contributed by atoms with van der Waals surface area (Å²) < 4.78 is 22.9. The molecule has 1 heterocycles. The molecule has 0 atom stereocenters. The van der Waals surface area contributed by atoms with Gasteiger partial charge in [-0.15, -0.1) is 0 Å². The molecule has 2 aromatic carbocycles. The van der Waals surface area contributed by atoms with Crippen LogP contribution in [0.15, 0.2) is 69.9 Å². The maximum Gasteiger partial charge on any atom is 0.383 e. The first-order chi connectivity index (χ1) is 18.6. The zero-order valence-electron chi connectivity index (χ0n) is 22.7. The van der Waals surface area contributed by atoms with E-state index in [0.717, 1.165) is 19.3 Å². The van der Waals surface area contributed by atoms with E-state index >= 15 is 0 Å². The molecule has 0 unspecified atom stereocenters. The van der Waals surface area contributed by atoms with Gasteiger partial charge in [0, 0.05) is 6.07 Å². The molecule has 0 N–H and O–H groups in total. The molecule has 0 radical (unpaired) electrons. The fraction of sp³-hybridized carbons (Fsp3) is 0.438. The average Bonchev–Trinajstić information content (AvgIpc) is 2.93. The van der Waals surface area contributed by atoms with E-state index in [1.165, 1.54) is 38.5 Å². The maximum atomic E-state index is 12.9. The molecular formula is C32H40O6. The van der Waals surface area contributed by atoms with Gasteiger partial charge in [-0.1, -0.05) is 89.1 Å². The van der Waals surface area contributed by atoms with E-state index in [2.05, 4.69) is 13.8 Å². The van der Waals surface area contributed by atoms with Gasteiger partial charge in [0.2, 0.25) is 0 Å². The van der Waals surface area contributed by atoms with Gasteiger partial charge in [0.25, 0.3) is 5.75 Å². The number of carbonyl (C=O) groups excluding carboxylic acids is 1. The predicted octanol–water partition coefficient (Wildman–Crippen LogP) is 8.27. The summed E-state index contributed by atoms with van der Waals surface area (Å²) in [5.74, 6) is -0.0915. The number of hydrogen-bond donors (Lipinski definition) is 0. The van der Waals surface area contributed by atoms with Crippen molar-refractivity contribution in [3.05, 3.63) is 76.7 Å². The van der Waals surface area contributed by atoms with Crippen molar-refractivity contribution >= 4 is 16.9 Å². The van der Waals surface area contributed by atoms with Gasteiger partial charge in [-0.25, -0.2) is 9.59 Å². The molecule has 1 aromatic heterocycles. The Morgan fingerprint density at radius 1 is 0.816 bits per heavy atom. The third-order valence-corrected chi connectivity index (χ3v) is 6.20. The van der Waals surface area contributed by atoms with Crippen molar-refractivity contribution in [1.82, 2.24) is 0 Å². The Kier molecular flexibility index (Phi) is 12.5. The van der Waals surface area contributed by atoms with Crippen molar-refractivity contribution in [3.8, 4) is 17.2 Å². The van der Waals surface area contributed by atoms with Crippen LogP contribution in [0.3, 0.4) is 0 Å². The Bertz CT molecular complexity index is 1210. The van der Waals surface area contributed by atoms with Crippen molar-refractivity contribution in [2.75, 3.05) is 13.2 Å². The standard InChI is InChI=1S/C32H40O6/c1-3-5-7-9-10-11-12-17-22-35-26-20-21-27-28(24-26)37-32(34)30(29(27)36-23-16-8-6-4-2)38-31(33)25-18-14-13-15-19-25/h6,8,13-15,18-21,24H,3-5,7,9-12,16-17,22-23H2,1-2H3. The van der Waals surface area contributed by atoms with Crippen LogP contribution >= 0.6 is 0 Å². The normalized spacial score (nSPS) is 11.2. The zero-order chi connectivity index (χ0) is 27.0. The van der Waals surface area contributed by atoms with Crippen LogP contribution < -0.4 is 19.8 Å². The largest absolute Gasteiger partial charge is 0.493 e. The van der Waals surface area contributed by atoms with Crippen molar-refractivity contribution in [3.63, 3.8) is 0 Å². The van der Waals surface area contributed by atoms with Gasteiger partial charge in [0.1, 0.15) is 11.3 Å². The van der Waals surface area contributed by atoms with Crippen molar-refractivity contribution < 1.29 is 23.4 Å². The molecule has 3 rings (SSSR count). The third kappa shape index (κ3) is 9.09. The van der Waals surface area contributed by atoms with Crippen LogP contribution in [-0.2, 0) is 0 Å². The molecule has 0 bridgehead atoms. The molecule has 6 heteroatoms. The molecule has 0 aliphatic heterocycles. The Balaban J connectivity index is 1.71. The van der Waals surface area contributed by atoms with Crippen molar-refractivity contribution in [2.45, 2.75) is 78.1 Å². The van der Waals surface area contributed by atoms with Gasteiger partial charge in [-0.2, -0.15) is 0 Å². The molecule has 0 amide bonds. The SMILES string of the molecule is CCC=CCCOc1c(OC(=O)c2ccccc2)c(=O)oc2cc(OCCCCCCCCCC)ccc12. The second-order valence-corrected chi connectivity index (χ2v) is 9.30. The zero-order valence-corrected chi connectivity index (χ0v) is 22.7. The van der Waals surface area contributed by atoms with E-state index in [0.29, 0.717) is 41.9 Å². The van der Waals surface area contributed by atoms with Gasteiger partial charge in [-0.3, -0.25) is 0 Å². The highest BCUT2D eigenvalue weighted by molar-refractivity contribution is 5.93. The molecule has 0 aliphatic rings. The molecule has 3 aromatic rings. The number of benzene rings is 2. The minimum absolute atomic E-state index is 0.194. The summed E-state index contributed by atoms with van der Waals surface area (Å²) in [6, 6.07) is 13.8. The quantitative estimate of drug-likeness (QED) is 0.0772. The van der Waals surface area contributed by atoms with Gasteiger partial charge in [0.15, 0.2) is 5.75 Å². The Morgan fingerprint density at radius 2 is 1.55 bits per heavy atom. The number of fused-ring (bicyclic) bond motifs is 1. The second kappa shape index (κ2) is 16.3. The summed E-state index contributed by atoms with van der Waals surface area (Å²) >= 11 is 0. The van der Waals surface area contributed by atoms with Crippen LogP contribution in [0.25, 0.3) is 11.0 Å². The number of hydrogen-bond acceptors (Lipinski definition) is 6. The Labute approximate surface area is 225 Å². The highest BCUT2D eigenvalue weighted by Crippen LogP contribution is 2.35. The van der Waals surface area contributed by atoms with Gasteiger partial charge >= 0.3 is 11.6 Å². The van der Waals surface area contributed by atoms with E-state index in [1.54, 1.807) is 42.5 Å². The fourth-order valence-corrected chi connectivity index (χ4v) is 4.12. The highest BCUT2D eigenvalue weighted by Gasteiger charge is 2.22. The monoisotopic (exact) mass is 520 g/mol. The lowest BCUT2D eigenvalue weighted by Crippen LogP contribution is -2.16. The molecule has 0 aliphatic carbocycles. The Morgan fingerprint density at radius 3 is 2.29 bits per heavy atom. The molecule has 0 fully saturated rings. The number of carbonyl (C=O) groups is 1. The first-order valence-electron chi connectivity index (χ1n) is 13.9. The maximum absolute atomic E-state index is 12.9. The van der Waals surface area contributed by atoms with Gasteiger partial charge < -0.3 is 18.6 Å². The first-order valence-corrected chi connectivity index (χ1v) is 13.9. The fourth-order valence-electron chi connectivity index (χ4n) is 4.12. The highest BCUT2D eigenvalue weighted by atomic mass is 16.6. The van der Waals surface area contributed by atoms with Crippen LogP contribution in [0.5, 0.6) is 17.2 Å². The summed E-state index contributed by atoms with van der Waals surface area (Å²) in [4.78, 5) is 25.6. The lowest BCUT2D eigenvalue weighted by molar-refractivity contribution is 0.0721. The lowest BCUT2D eigenvalue weighted by Gasteiger charge is -2.13. The summed E-state index contributed by atoms with van der Waals surface area (Å²) in [6.07, 6.45) is 15.5. The molecule has 0 spiro atoms. The van der Waals surface area contributed by atoms with Crippen LogP contribution in [-0.4, -0.2) is 19.2 Å². The van der Waals surface area contributed by atoms with E-state index < -0.39 is 11.6 Å². The van der Waals surface area contributed by atoms with E-state index in [1.807, 2.05) is 18.2 Å². The van der Waals surface area contributed by atoms with Gasteiger partial charge in [-0.05, 0) is 43.5 Å². The molecular weight excluding hydrogens is 480 g/mol. The molecule has 6 nitrogen and oxygen atoms in total. The predicted molar refractivity (Wildman–Crippen MR) is 152 cm³/mol. The van der Waals surface area contributed by atoms with E-state index in [-0.39, 0.29) is 11.5 Å². The topological polar surface area (TPSA) is 75.0 Å².